The van der Waals surface area contributed by atoms with Gasteiger partial charge >= 0.3 is 5.97 Å². The summed E-state index contributed by atoms with van der Waals surface area (Å²) < 4.78 is 1.66. The molecule has 0 aliphatic rings. The van der Waals surface area contributed by atoms with Crippen molar-refractivity contribution in [3.05, 3.63) is 57.9 Å². The molecule has 1 aromatic carbocycles. The van der Waals surface area contributed by atoms with Crippen LogP contribution in [0.25, 0.3) is 10.9 Å². The number of carboxylic acid groups (broad SMARTS) is 1. The Morgan fingerprint density at radius 3 is 2.83 bits per heavy atom. The molecular formula is C13H10ClNO3. The van der Waals surface area contributed by atoms with Crippen molar-refractivity contribution < 1.29 is 9.90 Å². The fourth-order valence-electron chi connectivity index (χ4n) is 1.81. The standard InChI is InChI=1S/C13H10ClNO3/c1-2-5-15-7-10(13(17)18)12(16)9-6-8(14)3-4-11(9)15/h2-4,6-7H,1,5H2,(H,17,18). The number of benzene rings is 1. The molecule has 0 saturated carbocycles. The van der Waals surface area contributed by atoms with Crippen LogP contribution in [0.4, 0.5) is 0 Å². The molecule has 0 unspecified atom stereocenters. The highest BCUT2D eigenvalue weighted by Gasteiger charge is 2.14. The van der Waals surface area contributed by atoms with Crippen LogP contribution < -0.4 is 5.43 Å². The van der Waals surface area contributed by atoms with Crippen LogP contribution in [-0.2, 0) is 6.54 Å². The van der Waals surface area contributed by atoms with Gasteiger partial charge in [0.15, 0.2) is 0 Å². The zero-order chi connectivity index (χ0) is 13.3. The number of halogens is 1. The molecule has 0 spiro atoms. The fourth-order valence-corrected chi connectivity index (χ4v) is 1.98. The summed E-state index contributed by atoms with van der Waals surface area (Å²) in [5.74, 6) is -1.25. The van der Waals surface area contributed by atoms with Crippen molar-refractivity contribution >= 4 is 28.5 Å². The second-order valence-electron chi connectivity index (χ2n) is 3.78. The summed E-state index contributed by atoms with van der Waals surface area (Å²) in [5.41, 5.74) is -0.166. The molecule has 0 aliphatic carbocycles. The second-order valence-corrected chi connectivity index (χ2v) is 4.22. The molecule has 4 nitrogen and oxygen atoms in total. The van der Waals surface area contributed by atoms with Crippen molar-refractivity contribution in [1.82, 2.24) is 4.57 Å². The van der Waals surface area contributed by atoms with E-state index in [0.29, 0.717) is 22.5 Å². The van der Waals surface area contributed by atoms with Gasteiger partial charge in [-0.3, -0.25) is 4.79 Å². The minimum atomic E-state index is -1.25. The van der Waals surface area contributed by atoms with E-state index < -0.39 is 11.4 Å². The maximum Gasteiger partial charge on any atom is 0.341 e. The minimum absolute atomic E-state index is 0.272. The van der Waals surface area contributed by atoms with Crippen LogP contribution in [-0.4, -0.2) is 15.6 Å². The molecule has 0 radical (unpaired) electrons. The largest absolute Gasteiger partial charge is 0.477 e. The highest BCUT2D eigenvalue weighted by Crippen LogP contribution is 2.17. The lowest BCUT2D eigenvalue weighted by Crippen LogP contribution is -2.18. The van der Waals surface area contributed by atoms with Crippen molar-refractivity contribution in [2.45, 2.75) is 6.54 Å². The number of rotatable bonds is 3. The van der Waals surface area contributed by atoms with Crippen LogP contribution in [0.3, 0.4) is 0 Å². The molecule has 0 bridgehead atoms. The van der Waals surface area contributed by atoms with E-state index in [1.54, 1.807) is 22.8 Å². The average Bonchev–Trinajstić information content (AvgIpc) is 2.32. The van der Waals surface area contributed by atoms with Gasteiger partial charge in [0.05, 0.1) is 5.52 Å². The molecular weight excluding hydrogens is 254 g/mol. The predicted octanol–water partition coefficient (Wildman–Crippen LogP) is 2.54. The number of allylic oxidation sites excluding steroid dienone is 1. The first-order valence-electron chi connectivity index (χ1n) is 5.21. The smallest absolute Gasteiger partial charge is 0.341 e. The lowest BCUT2D eigenvalue weighted by molar-refractivity contribution is 0.0695. The van der Waals surface area contributed by atoms with Gasteiger partial charge < -0.3 is 9.67 Å². The zero-order valence-corrected chi connectivity index (χ0v) is 10.1. The maximum atomic E-state index is 12.0. The quantitative estimate of drug-likeness (QED) is 0.866. The monoisotopic (exact) mass is 263 g/mol. The molecule has 0 fully saturated rings. The molecule has 1 heterocycles. The lowest BCUT2D eigenvalue weighted by Gasteiger charge is -2.10. The Morgan fingerprint density at radius 2 is 2.22 bits per heavy atom. The molecule has 1 N–H and O–H groups in total. The van der Waals surface area contributed by atoms with E-state index in [-0.39, 0.29) is 5.56 Å². The molecule has 0 aliphatic heterocycles. The Morgan fingerprint density at radius 1 is 1.50 bits per heavy atom. The Balaban J connectivity index is 2.92. The fraction of sp³-hybridized carbons (Fsp3) is 0.0769. The number of fused-ring (bicyclic) bond motifs is 1. The second kappa shape index (κ2) is 4.66. The third-order valence-corrected chi connectivity index (χ3v) is 2.83. The Kier molecular flexibility index (Phi) is 3.21. The van der Waals surface area contributed by atoms with Crippen molar-refractivity contribution in [3.63, 3.8) is 0 Å². The summed E-state index contributed by atoms with van der Waals surface area (Å²) in [4.78, 5) is 23.0. The van der Waals surface area contributed by atoms with Gasteiger partial charge in [-0.05, 0) is 18.2 Å². The number of nitrogens with zero attached hydrogens (tertiary/aromatic N) is 1. The highest BCUT2D eigenvalue weighted by atomic mass is 35.5. The molecule has 0 atom stereocenters. The molecule has 18 heavy (non-hydrogen) atoms. The molecule has 92 valence electrons. The summed E-state index contributed by atoms with van der Waals surface area (Å²) in [7, 11) is 0. The van der Waals surface area contributed by atoms with E-state index in [9.17, 15) is 9.59 Å². The van der Waals surface area contributed by atoms with Crippen molar-refractivity contribution in [2.24, 2.45) is 0 Å². The Hall–Kier alpha value is -2.07. The third-order valence-electron chi connectivity index (χ3n) is 2.60. The van der Waals surface area contributed by atoms with Gasteiger partial charge in [0.2, 0.25) is 5.43 Å². The minimum Gasteiger partial charge on any atom is -0.477 e. The molecule has 5 heteroatoms. The number of aromatic nitrogens is 1. The zero-order valence-electron chi connectivity index (χ0n) is 9.39. The van der Waals surface area contributed by atoms with Gasteiger partial charge in [-0.25, -0.2) is 4.79 Å². The number of carboxylic acids is 1. The van der Waals surface area contributed by atoms with Gasteiger partial charge in [0.25, 0.3) is 0 Å². The number of carbonyl (C=O) groups is 1. The maximum absolute atomic E-state index is 12.0. The normalized spacial score (nSPS) is 10.5. The first-order valence-corrected chi connectivity index (χ1v) is 5.59. The highest BCUT2D eigenvalue weighted by molar-refractivity contribution is 6.31. The van der Waals surface area contributed by atoms with Gasteiger partial charge in [-0.2, -0.15) is 0 Å². The average molecular weight is 264 g/mol. The van der Waals surface area contributed by atoms with Crippen LogP contribution in [0.1, 0.15) is 10.4 Å². The predicted molar refractivity (Wildman–Crippen MR) is 70.4 cm³/mol. The van der Waals surface area contributed by atoms with E-state index >= 15 is 0 Å². The van der Waals surface area contributed by atoms with E-state index in [0.717, 1.165) is 0 Å². The number of hydrogen-bond acceptors (Lipinski definition) is 2. The summed E-state index contributed by atoms with van der Waals surface area (Å²) in [6.07, 6.45) is 2.95. The van der Waals surface area contributed by atoms with Crippen LogP contribution in [0.5, 0.6) is 0 Å². The summed E-state index contributed by atoms with van der Waals surface area (Å²) in [5, 5.41) is 9.71. The molecule has 0 saturated heterocycles. The van der Waals surface area contributed by atoms with Gasteiger partial charge in [0, 0.05) is 23.2 Å². The van der Waals surface area contributed by atoms with E-state index in [2.05, 4.69) is 6.58 Å². The van der Waals surface area contributed by atoms with Crippen LogP contribution >= 0.6 is 11.6 Å². The van der Waals surface area contributed by atoms with Crippen LogP contribution in [0.15, 0.2) is 41.8 Å². The Bertz CT molecular complexity index is 703. The van der Waals surface area contributed by atoms with E-state index in [1.165, 1.54) is 12.3 Å². The first-order chi connectivity index (χ1) is 8.54. The van der Waals surface area contributed by atoms with Gasteiger partial charge in [-0.1, -0.05) is 17.7 Å². The third kappa shape index (κ3) is 2.02. The van der Waals surface area contributed by atoms with Crippen molar-refractivity contribution in [3.8, 4) is 0 Å². The summed E-state index contributed by atoms with van der Waals surface area (Å²) in [6, 6.07) is 4.82. The SMILES string of the molecule is C=CCn1cc(C(=O)O)c(=O)c2cc(Cl)ccc21. The summed E-state index contributed by atoms with van der Waals surface area (Å²) >= 11 is 5.84. The van der Waals surface area contributed by atoms with Crippen LogP contribution in [0, 0.1) is 0 Å². The Labute approximate surface area is 108 Å². The topological polar surface area (TPSA) is 59.3 Å². The van der Waals surface area contributed by atoms with E-state index in [4.69, 9.17) is 16.7 Å². The number of pyridine rings is 1. The lowest BCUT2D eigenvalue weighted by atomic mass is 10.1. The number of aromatic carboxylic acids is 1. The summed E-state index contributed by atoms with van der Waals surface area (Å²) in [6.45, 7) is 4.02. The van der Waals surface area contributed by atoms with E-state index in [1.807, 2.05) is 0 Å². The van der Waals surface area contributed by atoms with Crippen LogP contribution in [0.2, 0.25) is 5.02 Å². The number of hydrogen-bond donors (Lipinski definition) is 1. The van der Waals surface area contributed by atoms with Gasteiger partial charge in [-0.15, -0.1) is 6.58 Å². The molecule has 2 rings (SSSR count). The van der Waals surface area contributed by atoms with Crippen molar-refractivity contribution in [2.75, 3.05) is 0 Å². The van der Waals surface area contributed by atoms with Gasteiger partial charge in [0.1, 0.15) is 5.56 Å². The molecule has 1 aromatic heterocycles. The van der Waals surface area contributed by atoms with Crippen molar-refractivity contribution in [1.29, 1.82) is 0 Å². The first kappa shape index (κ1) is 12.4. The molecule has 0 amide bonds. The molecule has 2 aromatic rings.